The summed E-state index contributed by atoms with van der Waals surface area (Å²) in [5, 5.41) is 13.1. The third-order valence-corrected chi connectivity index (χ3v) is 3.42. The van der Waals surface area contributed by atoms with Crippen molar-refractivity contribution < 1.29 is 18.0 Å². The summed E-state index contributed by atoms with van der Waals surface area (Å²) in [5.41, 5.74) is 0.220. The number of carbonyl (C=O) groups is 1. The molecule has 0 spiro atoms. The van der Waals surface area contributed by atoms with Gasteiger partial charge in [0.25, 0.3) is 0 Å². The van der Waals surface area contributed by atoms with E-state index in [0.717, 1.165) is 6.07 Å². The molecule has 0 aliphatic carbocycles. The van der Waals surface area contributed by atoms with Gasteiger partial charge in [0, 0.05) is 0 Å². The van der Waals surface area contributed by atoms with E-state index in [1.54, 1.807) is 24.3 Å². The first-order valence-electron chi connectivity index (χ1n) is 7.22. The molecule has 0 saturated carbocycles. The van der Waals surface area contributed by atoms with Gasteiger partial charge >= 0.3 is 6.18 Å². The molecule has 3 rings (SSSR count). The van der Waals surface area contributed by atoms with Crippen LogP contribution in [0.4, 0.5) is 18.9 Å². The molecule has 1 aromatic heterocycles. The zero-order chi connectivity index (χ0) is 17.9. The first kappa shape index (κ1) is 16.6. The number of nitrogens with one attached hydrogen (secondary N) is 1. The maximum Gasteiger partial charge on any atom is 0.418 e. The number of halogens is 3. The first-order chi connectivity index (χ1) is 11.9. The third kappa shape index (κ3) is 4.00. The predicted molar refractivity (Wildman–Crippen MR) is 82.9 cm³/mol. The van der Waals surface area contributed by atoms with Crippen LogP contribution in [0.1, 0.15) is 11.1 Å². The number of aromatic nitrogens is 4. The van der Waals surface area contributed by atoms with Crippen LogP contribution >= 0.6 is 0 Å². The monoisotopic (exact) mass is 347 g/mol. The Hall–Kier alpha value is -3.23. The third-order valence-electron chi connectivity index (χ3n) is 3.42. The van der Waals surface area contributed by atoms with Gasteiger partial charge in [0.05, 0.1) is 23.4 Å². The van der Waals surface area contributed by atoms with Crippen molar-refractivity contribution in [1.29, 1.82) is 0 Å². The summed E-state index contributed by atoms with van der Waals surface area (Å²) in [7, 11) is 0. The van der Waals surface area contributed by atoms with Crippen molar-refractivity contribution in [2.24, 2.45) is 0 Å². The number of nitrogens with zero attached hydrogens (tertiary/aromatic N) is 4. The molecule has 9 heteroatoms. The fourth-order valence-corrected chi connectivity index (χ4v) is 2.27. The standard InChI is InChI=1S/C16H12F3N5O/c17-16(18,19)13-3-1-2-4-14(13)21-15(25)9-11-5-7-12(8-6-11)24-10-20-22-23-24/h1-8,10H,9H2,(H,21,25). The predicted octanol–water partition coefficient (Wildman–Crippen LogP) is 2.86. The zero-order valence-corrected chi connectivity index (χ0v) is 12.7. The minimum absolute atomic E-state index is 0.0535. The molecule has 128 valence electrons. The van der Waals surface area contributed by atoms with Gasteiger partial charge in [-0.05, 0) is 40.3 Å². The van der Waals surface area contributed by atoms with Crippen LogP contribution in [0.3, 0.4) is 0 Å². The van der Waals surface area contributed by atoms with E-state index in [2.05, 4.69) is 20.8 Å². The van der Waals surface area contributed by atoms with Gasteiger partial charge < -0.3 is 5.32 Å². The summed E-state index contributed by atoms with van der Waals surface area (Å²) in [6, 6.07) is 11.7. The molecule has 0 radical (unpaired) electrons. The number of para-hydroxylation sites is 1. The van der Waals surface area contributed by atoms with Crippen molar-refractivity contribution >= 4 is 11.6 Å². The van der Waals surface area contributed by atoms with Gasteiger partial charge in [-0.2, -0.15) is 13.2 Å². The van der Waals surface area contributed by atoms with Crippen molar-refractivity contribution in [3.8, 4) is 5.69 Å². The van der Waals surface area contributed by atoms with Crippen LogP contribution in [0.15, 0.2) is 54.9 Å². The van der Waals surface area contributed by atoms with E-state index in [1.807, 2.05) is 0 Å². The summed E-state index contributed by atoms with van der Waals surface area (Å²) in [6.07, 6.45) is -3.16. The minimum Gasteiger partial charge on any atom is -0.325 e. The van der Waals surface area contributed by atoms with Crippen LogP contribution in [-0.4, -0.2) is 26.1 Å². The van der Waals surface area contributed by atoms with Crippen LogP contribution in [-0.2, 0) is 17.4 Å². The van der Waals surface area contributed by atoms with E-state index in [4.69, 9.17) is 0 Å². The SMILES string of the molecule is O=C(Cc1ccc(-n2cnnn2)cc1)Nc1ccccc1C(F)(F)F. The van der Waals surface area contributed by atoms with E-state index in [0.29, 0.717) is 11.3 Å². The second-order valence-corrected chi connectivity index (χ2v) is 5.19. The Balaban J connectivity index is 1.69. The second kappa shape index (κ2) is 6.71. The number of rotatable bonds is 4. The molecule has 6 nitrogen and oxygen atoms in total. The summed E-state index contributed by atoms with van der Waals surface area (Å²) in [4.78, 5) is 12.1. The molecule has 0 aliphatic rings. The largest absolute Gasteiger partial charge is 0.418 e. The maximum absolute atomic E-state index is 12.9. The molecule has 3 aromatic rings. The van der Waals surface area contributed by atoms with Gasteiger partial charge in [-0.3, -0.25) is 4.79 Å². The summed E-state index contributed by atoms with van der Waals surface area (Å²) < 4.78 is 40.3. The number of tetrazole rings is 1. The fraction of sp³-hybridized carbons (Fsp3) is 0.125. The molecule has 1 amide bonds. The second-order valence-electron chi connectivity index (χ2n) is 5.19. The molecular weight excluding hydrogens is 335 g/mol. The maximum atomic E-state index is 12.9. The smallest absolute Gasteiger partial charge is 0.325 e. The Morgan fingerprint density at radius 3 is 2.44 bits per heavy atom. The average molecular weight is 347 g/mol. The van der Waals surface area contributed by atoms with E-state index in [-0.39, 0.29) is 12.1 Å². The van der Waals surface area contributed by atoms with Gasteiger partial charge in [0.15, 0.2) is 0 Å². The summed E-state index contributed by atoms with van der Waals surface area (Å²) >= 11 is 0. The summed E-state index contributed by atoms with van der Waals surface area (Å²) in [5.74, 6) is -0.535. The highest BCUT2D eigenvalue weighted by Gasteiger charge is 2.33. The molecule has 0 unspecified atom stereocenters. The Morgan fingerprint density at radius 1 is 1.08 bits per heavy atom. The Kier molecular flexibility index (Phi) is 4.46. The lowest BCUT2D eigenvalue weighted by Crippen LogP contribution is -2.18. The topological polar surface area (TPSA) is 72.7 Å². The van der Waals surface area contributed by atoms with Crippen LogP contribution in [0.25, 0.3) is 5.69 Å². The van der Waals surface area contributed by atoms with E-state index in [9.17, 15) is 18.0 Å². The van der Waals surface area contributed by atoms with Crippen molar-refractivity contribution in [2.75, 3.05) is 5.32 Å². The molecule has 1 N–H and O–H groups in total. The molecule has 0 bridgehead atoms. The highest BCUT2D eigenvalue weighted by molar-refractivity contribution is 5.93. The van der Waals surface area contributed by atoms with Crippen molar-refractivity contribution in [2.45, 2.75) is 12.6 Å². The van der Waals surface area contributed by atoms with E-state index >= 15 is 0 Å². The normalized spacial score (nSPS) is 11.3. The Labute approximate surface area is 140 Å². The highest BCUT2D eigenvalue weighted by Crippen LogP contribution is 2.34. The lowest BCUT2D eigenvalue weighted by Gasteiger charge is -2.13. The Morgan fingerprint density at radius 2 is 1.80 bits per heavy atom. The van der Waals surface area contributed by atoms with Crippen molar-refractivity contribution in [3.63, 3.8) is 0 Å². The van der Waals surface area contributed by atoms with Gasteiger partial charge in [-0.25, -0.2) is 4.68 Å². The fourth-order valence-electron chi connectivity index (χ4n) is 2.27. The number of anilines is 1. The van der Waals surface area contributed by atoms with Gasteiger partial charge in [-0.15, -0.1) is 5.10 Å². The van der Waals surface area contributed by atoms with Crippen LogP contribution in [0.2, 0.25) is 0 Å². The van der Waals surface area contributed by atoms with E-state index < -0.39 is 17.6 Å². The van der Waals surface area contributed by atoms with Crippen LogP contribution in [0.5, 0.6) is 0 Å². The number of alkyl halides is 3. The van der Waals surface area contributed by atoms with Gasteiger partial charge in [-0.1, -0.05) is 24.3 Å². The molecule has 1 heterocycles. The quantitative estimate of drug-likeness (QED) is 0.788. The molecule has 2 aromatic carbocycles. The van der Waals surface area contributed by atoms with Crippen molar-refractivity contribution in [3.05, 3.63) is 66.0 Å². The lowest BCUT2D eigenvalue weighted by molar-refractivity contribution is -0.137. The van der Waals surface area contributed by atoms with E-state index in [1.165, 1.54) is 29.2 Å². The molecule has 0 saturated heterocycles. The number of amides is 1. The minimum atomic E-state index is -4.53. The first-order valence-corrected chi connectivity index (χ1v) is 7.22. The number of hydrogen-bond donors (Lipinski definition) is 1. The number of carbonyl (C=O) groups excluding carboxylic acids is 1. The molecule has 25 heavy (non-hydrogen) atoms. The average Bonchev–Trinajstić information content (AvgIpc) is 3.09. The number of benzene rings is 2. The van der Waals surface area contributed by atoms with Crippen molar-refractivity contribution in [1.82, 2.24) is 20.2 Å². The van der Waals surface area contributed by atoms with Gasteiger partial charge in [0.1, 0.15) is 6.33 Å². The summed E-state index contributed by atoms with van der Waals surface area (Å²) in [6.45, 7) is 0. The molecular formula is C16H12F3N5O. The molecule has 0 atom stereocenters. The Bertz CT molecular complexity index is 860. The van der Waals surface area contributed by atoms with Gasteiger partial charge in [0.2, 0.25) is 5.91 Å². The zero-order valence-electron chi connectivity index (χ0n) is 12.7. The lowest BCUT2D eigenvalue weighted by atomic mass is 10.1. The van der Waals surface area contributed by atoms with Crippen LogP contribution in [0, 0.1) is 0 Å². The van der Waals surface area contributed by atoms with Crippen LogP contribution < -0.4 is 5.32 Å². The number of hydrogen-bond acceptors (Lipinski definition) is 4. The molecule has 0 fully saturated rings. The molecule has 0 aliphatic heterocycles. The highest BCUT2D eigenvalue weighted by atomic mass is 19.4.